The molecule has 0 bridgehead atoms. The zero-order valence-corrected chi connectivity index (χ0v) is 16.3. The second kappa shape index (κ2) is 8.04. The number of carbonyl (C=O) groups is 1. The summed E-state index contributed by atoms with van der Waals surface area (Å²) in [7, 11) is 0. The maximum atomic E-state index is 12.1. The first-order valence-corrected chi connectivity index (χ1v) is 10.2. The van der Waals surface area contributed by atoms with Gasteiger partial charge in [-0.3, -0.25) is 4.79 Å². The van der Waals surface area contributed by atoms with Crippen LogP contribution in [-0.4, -0.2) is 16.1 Å². The standard InChI is InChI=1S/C19H13ClN2O3S2/c20-13-5-3-12(4-6-13)16-9-15(25-22-16)10-24-18(23)8-14-11-27-19(21-14)17-2-1-7-26-17/h1-7,9,11H,8,10H2. The lowest BCUT2D eigenvalue weighted by Gasteiger charge is -2.00. The highest BCUT2D eigenvalue weighted by Gasteiger charge is 2.13. The zero-order valence-electron chi connectivity index (χ0n) is 13.9. The van der Waals surface area contributed by atoms with Crippen molar-refractivity contribution in [3.05, 3.63) is 69.7 Å². The molecule has 0 aliphatic rings. The van der Waals surface area contributed by atoms with Crippen molar-refractivity contribution in [2.24, 2.45) is 0 Å². The van der Waals surface area contributed by atoms with E-state index in [0.717, 1.165) is 15.4 Å². The Morgan fingerprint density at radius 1 is 1.19 bits per heavy atom. The van der Waals surface area contributed by atoms with E-state index < -0.39 is 0 Å². The van der Waals surface area contributed by atoms with Gasteiger partial charge in [0.2, 0.25) is 0 Å². The van der Waals surface area contributed by atoms with E-state index in [0.29, 0.717) is 22.2 Å². The maximum absolute atomic E-state index is 12.1. The Balaban J connectivity index is 1.32. The van der Waals surface area contributed by atoms with Crippen LogP contribution in [0.15, 0.2) is 57.7 Å². The first-order valence-electron chi connectivity index (χ1n) is 8.03. The molecule has 5 nitrogen and oxygen atoms in total. The third kappa shape index (κ3) is 4.44. The summed E-state index contributed by atoms with van der Waals surface area (Å²) in [5, 5.41) is 9.44. The SMILES string of the molecule is O=C(Cc1csc(-c2cccs2)n1)OCc1cc(-c2ccc(Cl)cc2)no1. The predicted octanol–water partition coefficient (Wildman–Crippen LogP) is 5.47. The number of nitrogens with zero attached hydrogens (tertiary/aromatic N) is 2. The minimum absolute atomic E-state index is 0.0291. The molecule has 0 saturated heterocycles. The zero-order chi connectivity index (χ0) is 18.6. The van der Waals surface area contributed by atoms with Crippen molar-refractivity contribution in [1.29, 1.82) is 0 Å². The Bertz CT molecular complexity index is 1040. The monoisotopic (exact) mass is 416 g/mol. The average Bonchev–Trinajstić information content (AvgIpc) is 3.42. The molecule has 3 heterocycles. The Kier molecular flexibility index (Phi) is 5.33. The first kappa shape index (κ1) is 17.9. The largest absolute Gasteiger partial charge is 0.457 e. The number of hydrogen-bond donors (Lipinski definition) is 0. The van der Waals surface area contributed by atoms with Gasteiger partial charge in [0.15, 0.2) is 12.4 Å². The van der Waals surface area contributed by atoms with Crippen LogP contribution in [0.3, 0.4) is 0 Å². The van der Waals surface area contributed by atoms with Gasteiger partial charge < -0.3 is 9.26 Å². The minimum atomic E-state index is -0.359. The van der Waals surface area contributed by atoms with Crippen LogP contribution in [0.2, 0.25) is 5.02 Å². The van der Waals surface area contributed by atoms with Gasteiger partial charge in [-0.05, 0) is 23.6 Å². The molecule has 27 heavy (non-hydrogen) atoms. The van der Waals surface area contributed by atoms with E-state index in [4.69, 9.17) is 20.9 Å². The Morgan fingerprint density at radius 2 is 2.04 bits per heavy atom. The number of esters is 1. The van der Waals surface area contributed by atoms with Gasteiger partial charge in [0.25, 0.3) is 0 Å². The average molecular weight is 417 g/mol. The number of halogens is 1. The van der Waals surface area contributed by atoms with E-state index in [1.54, 1.807) is 29.5 Å². The predicted molar refractivity (Wildman–Crippen MR) is 106 cm³/mol. The highest BCUT2D eigenvalue weighted by Crippen LogP contribution is 2.28. The molecule has 0 fully saturated rings. The molecular weight excluding hydrogens is 404 g/mol. The molecule has 0 N–H and O–H groups in total. The summed E-state index contributed by atoms with van der Waals surface area (Å²) in [5.41, 5.74) is 2.25. The van der Waals surface area contributed by atoms with Crippen molar-refractivity contribution >= 4 is 40.2 Å². The van der Waals surface area contributed by atoms with Crippen molar-refractivity contribution in [3.63, 3.8) is 0 Å². The Hall–Kier alpha value is -2.48. The second-order valence-electron chi connectivity index (χ2n) is 5.64. The number of thiophene rings is 1. The van der Waals surface area contributed by atoms with Crippen molar-refractivity contribution in [3.8, 4) is 21.1 Å². The van der Waals surface area contributed by atoms with Crippen LogP contribution in [0.1, 0.15) is 11.5 Å². The van der Waals surface area contributed by atoms with Gasteiger partial charge in [0, 0.05) is 22.0 Å². The molecule has 0 unspecified atom stereocenters. The van der Waals surface area contributed by atoms with Gasteiger partial charge in [-0.25, -0.2) is 4.98 Å². The maximum Gasteiger partial charge on any atom is 0.312 e. The van der Waals surface area contributed by atoms with E-state index in [1.165, 1.54) is 11.3 Å². The number of benzene rings is 1. The lowest BCUT2D eigenvalue weighted by Crippen LogP contribution is -2.07. The molecular formula is C19H13ClN2O3S2. The molecule has 0 aliphatic carbocycles. The molecule has 0 radical (unpaired) electrons. The molecule has 3 aromatic heterocycles. The number of rotatable bonds is 6. The molecule has 0 amide bonds. The summed E-state index contributed by atoms with van der Waals surface area (Å²) in [6.07, 6.45) is 0.125. The molecule has 1 aromatic carbocycles. The highest BCUT2D eigenvalue weighted by atomic mass is 35.5. The Labute approximate surface area is 168 Å². The van der Waals surface area contributed by atoms with Crippen molar-refractivity contribution in [2.75, 3.05) is 0 Å². The minimum Gasteiger partial charge on any atom is -0.457 e. The van der Waals surface area contributed by atoms with Gasteiger partial charge in [-0.15, -0.1) is 22.7 Å². The van der Waals surface area contributed by atoms with Gasteiger partial charge in [0.1, 0.15) is 10.7 Å². The lowest BCUT2D eigenvalue weighted by atomic mass is 10.1. The molecule has 0 atom stereocenters. The fourth-order valence-corrected chi connectivity index (χ4v) is 4.15. The number of aromatic nitrogens is 2. The molecule has 4 aromatic rings. The molecule has 0 spiro atoms. The normalized spacial score (nSPS) is 10.9. The van der Waals surface area contributed by atoms with Crippen LogP contribution in [0.5, 0.6) is 0 Å². The number of hydrogen-bond acceptors (Lipinski definition) is 7. The van der Waals surface area contributed by atoms with E-state index >= 15 is 0 Å². The number of thiazole rings is 1. The summed E-state index contributed by atoms with van der Waals surface area (Å²) in [5.74, 6) is 0.119. The summed E-state index contributed by atoms with van der Waals surface area (Å²) in [6.45, 7) is 0.0291. The summed E-state index contributed by atoms with van der Waals surface area (Å²) in [6, 6.07) is 13.0. The van der Waals surface area contributed by atoms with Crippen molar-refractivity contribution in [1.82, 2.24) is 10.1 Å². The number of ether oxygens (including phenoxy) is 1. The summed E-state index contributed by atoms with van der Waals surface area (Å²) in [4.78, 5) is 17.6. The van der Waals surface area contributed by atoms with Crippen LogP contribution < -0.4 is 0 Å². The summed E-state index contributed by atoms with van der Waals surface area (Å²) >= 11 is 9.02. The molecule has 136 valence electrons. The van der Waals surface area contributed by atoms with Gasteiger partial charge >= 0.3 is 5.97 Å². The molecule has 4 rings (SSSR count). The van der Waals surface area contributed by atoms with Gasteiger partial charge in [-0.1, -0.05) is 35.0 Å². The smallest absolute Gasteiger partial charge is 0.312 e. The topological polar surface area (TPSA) is 65.2 Å². The highest BCUT2D eigenvalue weighted by molar-refractivity contribution is 7.20. The number of carbonyl (C=O) groups excluding carboxylic acids is 1. The van der Waals surface area contributed by atoms with Gasteiger partial charge in [-0.2, -0.15) is 0 Å². The van der Waals surface area contributed by atoms with E-state index in [1.807, 2.05) is 35.0 Å². The van der Waals surface area contributed by atoms with Crippen LogP contribution in [0.25, 0.3) is 21.1 Å². The lowest BCUT2D eigenvalue weighted by molar-refractivity contribution is -0.144. The third-order valence-corrected chi connectivity index (χ3v) is 5.87. The van der Waals surface area contributed by atoms with Crippen LogP contribution in [0, 0.1) is 0 Å². The van der Waals surface area contributed by atoms with Crippen LogP contribution in [0.4, 0.5) is 0 Å². The van der Waals surface area contributed by atoms with Crippen LogP contribution in [-0.2, 0) is 22.6 Å². The van der Waals surface area contributed by atoms with E-state index in [2.05, 4.69) is 10.1 Å². The van der Waals surface area contributed by atoms with Crippen LogP contribution >= 0.6 is 34.3 Å². The third-order valence-electron chi connectivity index (χ3n) is 3.68. The van der Waals surface area contributed by atoms with Gasteiger partial charge in [0.05, 0.1) is 17.0 Å². The van der Waals surface area contributed by atoms with Crippen molar-refractivity contribution < 1.29 is 14.1 Å². The first-order chi connectivity index (χ1) is 13.2. The molecule has 0 saturated carbocycles. The van der Waals surface area contributed by atoms with Crippen molar-refractivity contribution in [2.45, 2.75) is 13.0 Å². The van der Waals surface area contributed by atoms with E-state index in [-0.39, 0.29) is 19.0 Å². The molecule has 8 heteroatoms. The van der Waals surface area contributed by atoms with E-state index in [9.17, 15) is 4.79 Å². The summed E-state index contributed by atoms with van der Waals surface area (Å²) < 4.78 is 10.5. The fourth-order valence-electron chi connectivity index (χ4n) is 2.39. The fraction of sp³-hybridized carbons (Fsp3) is 0.105. The quantitative estimate of drug-likeness (QED) is 0.390. The Morgan fingerprint density at radius 3 is 2.81 bits per heavy atom. The molecule has 0 aliphatic heterocycles. The second-order valence-corrected chi connectivity index (χ2v) is 7.89.